The standard InChI is InChI=1S/C10H17NO4/c1-10(2)14-8-5-4-13-11(3)6(5)7(12)9(8)15-10/h5-9,12H,4H2,1-3H3/t5-,6+,7+,8+,9-/m1/s1. The molecule has 0 bridgehead atoms. The Kier molecular flexibility index (Phi) is 1.95. The minimum absolute atomic E-state index is 0.0103. The molecular weight excluding hydrogens is 198 g/mol. The van der Waals surface area contributed by atoms with Crippen LogP contribution in [0.2, 0.25) is 0 Å². The van der Waals surface area contributed by atoms with Gasteiger partial charge in [-0.15, -0.1) is 0 Å². The minimum Gasteiger partial charge on any atom is -0.389 e. The summed E-state index contributed by atoms with van der Waals surface area (Å²) in [7, 11) is 1.85. The van der Waals surface area contributed by atoms with Gasteiger partial charge < -0.3 is 14.6 Å². The van der Waals surface area contributed by atoms with Crippen molar-refractivity contribution in [3.8, 4) is 0 Å². The Bertz CT molecular complexity index is 281. The first-order valence-electron chi connectivity index (χ1n) is 5.39. The Morgan fingerprint density at radius 1 is 1.27 bits per heavy atom. The van der Waals surface area contributed by atoms with Gasteiger partial charge in [-0.25, -0.2) is 0 Å². The van der Waals surface area contributed by atoms with E-state index in [0.717, 1.165) is 0 Å². The third-order valence-corrected chi connectivity index (χ3v) is 3.60. The number of hydroxylamine groups is 2. The van der Waals surface area contributed by atoms with Crippen LogP contribution in [0, 0.1) is 5.92 Å². The summed E-state index contributed by atoms with van der Waals surface area (Å²) in [6.45, 7) is 4.37. The van der Waals surface area contributed by atoms with Crippen molar-refractivity contribution in [1.29, 1.82) is 0 Å². The quantitative estimate of drug-likeness (QED) is 0.603. The monoisotopic (exact) mass is 215 g/mol. The molecule has 0 radical (unpaired) electrons. The number of hydrogen-bond acceptors (Lipinski definition) is 5. The molecular formula is C10H17NO4. The predicted octanol–water partition coefficient (Wildman–Crippen LogP) is -0.257. The van der Waals surface area contributed by atoms with Gasteiger partial charge in [-0.1, -0.05) is 0 Å². The van der Waals surface area contributed by atoms with Crippen molar-refractivity contribution in [3.63, 3.8) is 0 Å². The fraction of sp³-hybridized carbons (Fsp3) is 1.00. The summed E-state index contributed by atoms with van der Waals surface area (Å²) < 4.78 is 11.5. The second-order valence-corrected chi connectivity index (χ2v) is 5.05. The Morgan fingerprint density at radius 3 is 2.67 bits per heavy atom. The lowest BCUT2D eigenvalue weighted by Crippen LogP contribution is -2.41. The molecule has 2 heterocycles. The fourth-order valence-electron chi connectivity index (χ4n) is 3.02. The smallest absolute Gasteiger partial charge is 0.163 e. The average molecular weight is 215 g/mol. The lowest BCUT2D eigenvalue weighted by Gasteiger charge is -2.25. The largest absolute Gasteiger partial charge is 0.389 e. The molecule has 3 fully saturated rings. The van der Waals surface area contributed by atoms with Crippen molar-refractivity contribution >= 4 is 0 Å². The first kappa shape index (κ1) is 9.99. The summed E-state index contributed by atoms with van der Waals surface area (Å²) in [4.78, 5) is 5.40. The lowest BCUT2D eigenvalue weighted by molar-refractivity contribution is -0.180. The molecule has 1 N–H and O–H groups in total. The van der Waals surface area contributed by atoms with Crippen LogP contribution in [-0.2, 0) is 14.3 Å². The molecule has 0 spiro atoms. The molecule has 15 heavy (non-hydrogen) atoms. The number of fused-ring (bicyclic) bond motifs is 3. The number of ether oxygens (including phenoxy) is 2. The van der Waals surface area contributed by atoms with E-state index in [1.807, 2.05) is 20.9 Å². The van der Waals surface area contributed by atoms with E-state index in [1.165, 1.54) is 0 Å². The molecule has 2 saturated heterocycles. The van der Waals surface area contributed by atoms with E-state index >= 15 is 0 Å². The summed E-state index contributed by atoms with van der Waals surface area (Å²) in [5, 5.41) is 11.9. The van der Waals surface area contributed by atoms with Crippen LogP contribution in [0.5, 0.6) is 0 Å². The second kappa shape index (κ2) is 2.93. The molecule has 1 aliphatic carbocycles. The predicted molar refractivity (Wildman–Crippen MR) is 50.8 cm³/mol. The van der Waals surface area contributed by atoms with Crippen LogP contribution in [0.1, 0.15) is 13.8 Å². The molecule has 5 nitrogen and oxygen atoms in total. The minimum atomic E-state index is -0.581. The number of hydrogen-bond donors (Lipinski definition) is 1. The van der Waals surface area contributed by atoms with Crippen molar-refractivity contribution in [2.75, 3.05) is 13.7 Å². The highest BCUT2D eigenvalue weighted by Gasteiger charge is 2.61. The zero-order valence-electron chi connectivity index (χ0n) is 9.21. The average Bonchev–Trinajstić information content (AvgIpc) is 2.70. The second-order valence-electron chi connectivity index (χ2n) is 5.05. The van der Waals surface area contributed by atoms with Gasteiger partial charge in [-0.2, -0.15) is 5.06 Å². The first-order valence-corrected chi connectivity index (χ1v) is 5.39. The van der Waals surface area contributed by atoms with Crippen LogP contribution < -0.4 is 0 Å². The van der Waals surface area contributed by atoms with Crippen LogP contribution in [-0.4, -0.2) is 54.0 Å². The van der Waals surface area contributed by atoms with Crippen molar-refractivity contribution in [1.82, 2.24) is 5.06 Å². The highest BCUT2D eigenvalue weighted by Crippen LogP contribution is 2.45. The van der Waals surface area contributed by atoms with E-state index in [0.29, 0.717) is 6.61 Å². The van der Waals surface area contributed by atoms with Gasteiger partial charge in [0.05, 0.1) is 18.8 Å². The third-order valence-electron chi connectivity index (χ3n) is 3.60. The van der Waals surface area contributed by atoms with Crippen molar-refractivity contribution < 1.29 is 19.4 Å². The molecule has 5 atom stereocenters. The number of likely N-dealkylation sites (N-methyl/N-ethyl adjacent to an activating group) is 1. The summed E-state index contributed by atoms with van der Waals surface area (Å²) in [5.74, 6) is -0.362. The van der Waals surface area contributed by atoms with Crippen molar-refractivity contribution in [2.45, 2.75) is 44.0 Å². The molecule has 0 aromatic carbocycles. The zero-order chi connectivity index (χ0) is 10.8. The maximum absolute atomic E-state index is 10.1. The van der Waals surface area contributed by atoms with E-state index < -0.39 is 11.9 Å². The SMILES string of the molecule is CN1OC[C@H]2[C@@H]3OC(C)(C)O[C@@H]3[C@@H](O)[C@H]21. The van der Waals surface area contributed by atoms with E-state index in [2.05, 4.69) is 0 Å². The summed E-state index contributed by atoms with van der Waals surface area (Å²) >= 11 is 0. The van der Waals surface area contributed by atoms with Gasteiger partial charge in [0, 0.05) is 13.0 Å². The maximum Gasteiger partial charge on any atom is 0.163 e. The molecule has 0 aromatic rings. The van der Waals surface area contributed by atoms with Gasteiger partial charge in [0.1, 0.15) is 12.2 Å². The Morgan fingerprint density at radius 2 is 1.93 bits per heavy atom. The summed E-state index contributed by atoms with van der Waals surface area (Å²) in [5.41, 5.74) is 0. The Balaban J connectivity index is 1.87. The van der Waals surface area contributed by atoms with Crippen LogP contribution in [0.25, 0.3) is 0 Å². The Hall–Kier alpha value is -0.200. The number of aliphatic hydroxyl groups is 1. The van der Waals surface area contributed by atoms with Crippen LogP contribution in [0.15, 0.2) is 0 Å². The topological polar surface area (TPSA) is 51.2 Å². The van der Waals surface area contributed by atoms with Crippen LogP contribution in [0.4, 0.5) is 0 Å². The molecule has 86 valence electrons. The molecule has 3 aliphatic rings. The molecule has 0 unspecified atom stereocenters. The van der Waals surface area contributed by atoms with E-state index in [-0.39, 0.29) is 24.2 Å². The van der Waals surface area contributed by atoms with E-state index in [1.54, 1.807) is 5.06 Å². The molecule has 5 heteroatoms. The zero-order valence-corrected chi connectivity index (χ0v) is 9.21. The van der Waals surface area contributed by atoms with E-state index in [4.69, 9.17) is 14.3 Å². The molecule has 3 rings (SSSR count). The van der Waals surface area contributed by atoms with Crippen molar-refractivity contribution in [3.05, 3.63) is 0 Å². The third kappa shape index (κ3) is 1.28. The van der Waals surface area contributed by atoms with Gasteiger partial charge in [0.15, 0.2) is 5.79 Å². The van der Waals surface area contributed by atoms with Gasteiger partial charge in [0.2, 0.25) is 0 Å². The van der Waals surface area contributed by atoms with Gasteiger partial charge in [0.25, 0.3) is 0 Å². The number of rotatable bonds is 0. The Labute approximate surface area is 88.9 Å². The van der Waals surface area contributed by atoms with Gasteiger partial charge >= 0.3 is 0 Å². The first-order chi connectivity index (χ1) is 6.99. The lowest BCUT2D eigenvalue weighted by atomic mass is 10.0. The highest BCUT2D eigenvalue weighted by atomic mass is 16.8. The van der Waals surface area contributed by atoms with Crippen LogP contribution >= 0.6 is 0 Å². The van der Waals surface area contributed by atoms with E-state index in [9.17, 15) is 5.11 Å². The summed E-state index contributed by atoms with van der Waals surface area (Å²) in [6.07, 6.45) is -0.763. The molecule has 0 aromatic heterocycles. The number of aliphatic hydroxyl groups excluding tert-OH is 1. The van der Waals surface area contributed by atoms with Gasteiger partial charge in [-0.3, -0.25) is 4.84 Å². The normalized spacial score (nSPS) is 53.2. The molecule has 0 amide bonds. The number of nitrogens with zero attached hydrogens (tertiary/aromatic N) is 1. The fourth-order valence-corrected chi connectivity index (χ4v) is 3.02. The molecule has 2 aliphatic heterocycles. The van der Waals surface area contributed by atoms with Gasteiger partial charge in [-0.05, 0) is 13.8 Å². The summed E-state index contributed by atoms with van der Waals surface area (Å²) in [6, 6.07) is 0.0103. The highest BCUT2D eigenvalue weighted by molar-refractivity contribution is 5.07. The van der Waals surface area contributed by atoms with Crippen LogP contribution in [0.3, 0.4) is 0 Å². The molecule has 1 saturated carbocycles. The maximum atomic E-state index is 10.1. The van der Waals surface area contributed by atoms with Crippen molar-refractivity contribution in [2.24, 2.45) is 5.92 Å².